The number of hydrogen-bond donors (Lipinski definition) is 1. The molecule has 0 bridgehead atoms. The second-order valence-electron chi connectivity index (χ2n) is 3.46. The molecule has 1 fully saturated rings. The first-order valence-electron chi connectivity index (χ1n) is 4.35. The molecule has 0 aromatic carbocycles. The molecule has 0 amide bonds. The van der Waals surface area contributed by atoms with E-state index in [0.717, 1.165) is 12.8 Å². The first-order chi connectivity index (χ1) is 5.61. The lowest BCUT2D eigenvalue weighted by atomic mass is 9.91. The number of rotatable bonds is 2. The Balaban J connectivity index is 2.39. The van der Waals surface area contributed by atoms with E-state index in [1.807, 2.05) is 0 Å². The highest BCUT2D eigenvalue weighted by Crippen LogP contribution is 2.15. The van der Waals surface area contributed by atoms with Crippen LogP contribution in [-0.2, 0) is 9.59 Å². The highest BCUT2D eigenvalue weighted by molar-refractivity contribution is 5.82. The minimum atomic E-state index is -0.0133. The molecule has 2 unspecified atom stereocenters. The maximum atomic E-state index is 11.0. The zero-order chi connectivity index (χ0) is 9.14. The van der Waals surface area contributed by atoms with Crippen LogP contribution in [0.3, 0.4) is 0 Å². The van der Waals surface area contributed by atoms with E-state index >= 15 is 0 Å². The number of carbonyl (C=O) groups excluding carboxylic acids is 2. The summed E-state index contributed by atoms with van der Waals surface area (Å²) >= 11 is 0. The van der Waals surface area contributed by atoms with Gasteiger partial charge in [-0.1, -0.05) is 0 Å². The van der Waals surface area contributed by atoms with Crippen molar-refractivity contribution in [3.05, 3.63) is 0 Å². The largest absolute Gasteiger partial charge is 0.307 e. The fourth-order valence-electron chi connectivity index (χ4n) is 1.55. The summed E-state index contributed by atoms with van der Waals surface area (Å²) in [7, 11) is 0. The van der Waals surface area contributed by atoms with E-state index in [9.17, 15) is 9.59 Å². The quantitative estimate of drug-likeness (QED) is 0.656. The smallest absolute Gasteiger partial charge is 0.146 e. The lowest BCUT2D eigenvalue weighted by molar-refractivity contribution is -0.124. The van der Waals surface area contributed by atoms with E-state index in [0.29, 0.717) is 6.54 Å². The van der Waals surface area contributed by atoms with Crippen molar-refractivity contribution in [1.82, 2.24) is 5.32 Å². The lowest BCUT2D eigenvalue weighted by Crippen LogP contribution is -2.44. The predicted molar refractivity (Wildman–Crippen MR) is 45.9 cm³/mol. The second kappa shape index (κ2) is 3.81. The first kappa shape index (κ1) is 9.39. The highest BCUT2D eigenvalue weighted by atomic mass is 16.1. The number of piperidine rings is 1. The van der Waals surface area contributed by atoms with Crippen molar-refractivity contribution >= 4 is 11.6 Å². The molecule has 0 spiro atoms. The molecular formula is C9H15NO2. The molecule has 1 heterocycles. The second-order valence-corrected chi connectivity index (χ2v) is 3.46. The molecule has 0 saturated carbocycles. The summed E-state index contributed by atoms with van der Waals surface area (Å²) in [5.41, 5.74) is 0. The molecule has 1 aliphatic heterocycles. The van der Waals surface area contributed by atoms with E-state index in [2.05, 4.69) is 5.32 Å². The summed E-state index contributed by atoms with van der Waals surface area (Å²) in [5, 5.41) is 3.08. The predicted octanol–water partition coefficient (Wildman–Crippen LogP) is 0.533. The van der Waals surface area contributed by atoms with E-state index in [1.165, 1.54) is 0 Å². The van der Waals surface area contributed by atoms with E-state index in [-0.39, 0.29) is 23.5 Å². The van der Waals surface area contributed by atoms with Crippen molar-refractivity contribution in [2.45, 2.75) is 32.7 Å². The monoisotopic (exact) mass is 169 g/mol. The Morgan fingerprint density at radius 1 is 1.17 bits per heavy atom. The topological polar surface area (TPSA) is 46.2 Å². The van der Waals surface area contributed by atoms with Gasteiger partial charge in [0.25, 0.3) is 0 Å². The first-order valence-corrected chi connectivity index (χ1v) is 4.35. The van der Waals surface area contributed by atoms with Gasteiger partial charge in [-0.25, -0.2) is 0 Å². The maximum absolute atomic E-state index is 11.0. The van der Waals surface area contributed by atoms with E-state index in [4.69, 9.17) is 0 Å². The van der Waals surface area contributed by atoms with Crippen molar-refractivity contribution in [3.63, 3.8) is 0 Å². The van der Waals surface area contributed by atoms with Crippen molar-refractivity contribution in [3.8, 4) is 0 Å². The molecular weight excluding hydrogens is 154 g/mol. The molecule has 1 saturated heterocycles. The minimum absolute atomic E-state index is 0.0133. The van der Waals surface area contributed by atoms with Gasteiger partial charge in [-0.2, -0.15) is 0 Å². The Kier molecular flexibility index (Phi) is 2.98. The van der Waals surface area contributed by atoms with Crippen molar-refractivity contribution in [2.75, 3.05) is 6.54 Å². The Morgan fingerprint density at radius 2 is 1.83 bits per heavy atom. The molecule has 0 radical (unpaired) electrons. The highest BCUT2D eigenvalue weighted by Gasteiger charge is 2.25. The summed E-state index contributed by atoms with van der Waals surface area (Å²) in [4.78, 5) is 21.9. The summed E-state index contributed by atoms with van der Waals surface area (Å²) in [6.07, 6.45) is 1.66. The third-order valence-electron chi connectivity index (χ3n) is 2.48. The molecule has 1 N–H and O–H groups in total. The Labute approximate surface area is 72.5 Å². The van der Waals surface area contributed by atoms with Crippen molar-refractivity contribution in [1.29, 1.82) is 0 Å². The minimum Gasteiger partial charge on any atom is -0.307 e. The van der Waals surface area contributed by atoms with Crippen LogP contribution < -0.4 is 5.32 Å². The van der Waals surface area contributed by atoms with Gasteiger partial charge in [0.1, 0.15) is 11.6 Å². The zero-order valence-corrected chi connectivity index (χ0v) is 7.59. The van der Waals surface area contributed by atoms with Gasteiger partial charge in [-0.05, 0) is 26.7 Å². The average molecular weight is 169 g/mol. The summed E-state index contributed by atoms with van der Waals surface area (Å²) in [6.45, 7) is 3.87. The van der Waals surface area contributed by atoms with Gasteiger partial charge < -0.3 is 5.32 Å². The molecule has 3 nitrogen and oxygen atoms in total. The molecule has 0 aromatic rings. The lowest BCUT2D eigenvalue weighted by Gasteiger charge is -2.26. The van der Waals surface area contributed by atoms with Crippen LogP contribution in [0.15, 0.2) is 0 Å². The van der Waals surface area contributed by atoms with Crippen LogP contribution >= 0.6 is 0 Å². The number of hydrogen-bond acceptors (Lipinski definition) is 3. The standard InChI is InChI=1S/C9H15NO2/c1-6(11)8-3-4-9(7(2)12)10-5-8/h8-10H,3-5H2,1-2H3. The normalized spacial score (nSPS) is 29.8. The molecule has 2 atom stereocenters. The summed E-state index contributed by atoms with van der Waals surface area (Å²) < 4.78 is 0. The van der Waals surface area contributed by atoms with E-state index in [1.54, 1.807) is 13.8 Å². The van der Waals surface area contributed by atoms with Crippen LogP contribution in [0.4, 0.5) is 0 Å². The van der Waals surface area contributed by atoms with Gasteiger partial charge in [-0.15, -0.1) is 0 Å². The van der Waals surface area contributed by atoms with Gasteiger partial charge in [-0.3, -0.25) is 9.59 Å². The molecule has 68 valence electrons. The number of Topliss-reactive ketones (excluding diaryl/α,β-unsaturated/α-hetero) is 2. The van der Waals surface area contributed by atoms with Gasteiger partial charge in [0.05, 0.1) is 6.04 Å². The molecule has 0 aliphatic carbocycles. The average Bonchev–Trinajstić information content (AvgIpc) is 2.04. The van der Waals surface area contributed by atoms with Crippen molar-refractivity contribution < 1.29 is 9.59 Å². The third-order valence-corrected chi connectivity index (χ3v) is 2.48. The summed E-state index contributed by atoms with van der Waals surface area (Å²) in [5.74, 6) is 0.530. The van der Waals surface area contributed by atoms with Gasteiger partial charge in [0.15, 0.2) is 0 Å². The molecule has 1 rings (SSSR count). The number of carbonyl (C=O) groups is 2. The Hall–Kier alpha value is -0.700. The molecule has 1 aliphatic rings. The molecule has 0 aromatic heterocycles. The Morgan fingerprint density at radius 3 is 2.17 bits per heavy atom. The van der Waals surface area contributed by atoms with Crippen LogP contribution in [0.1, 0.15) is 26.7 Å². The Bertz CT molecular complexity index is 171. The third kappa shape index (κ3) is 2.14. The zero-order valence-electron chi connectivity index (χ0n) is 7.59. The summed E-state index contributed by atoms with van der Waals surface area (Å²) in [6, 6.07) is -0.0133. The number of ketones is 2. The van der Waals surface area contributed by atoms with E-state index < -0.39 is 0 Å². The van der Waals surface area contributed by atoms with Crippen LogP contribution in [-0.4, -0.2) is 24.2 Å². The van der Waals surface area contributed by atoms with Crippen LogP contribution in [0.2, 0.25) is 0 Å². The fraction of sp³-hybridized carbons (Fsp3) is 0.778. The van der Waals surface area contributed by atoms with Crippen LogP contribution in [0.5, 0.6) is 0 Å². The van der Waals surface area contributed by atoms with Crippen LogP contribution in [0.25, 0.3) is 0 Å². The van der Waals surface area contributed by atoms with Gasteiger partial charge in [0.2, 0.25) is 0 Å². The van der Waals surface area contributed by atoms with Gasteiger partial charge >= 0.3 is 0 Å². The van der Waals surface area contributed by atoms with Gasteiger partial charge in [0, 0.05) is 12.5 Å². The fourth-order valence-corrected chi connectivity index (χ4v) is 1.55. The maximum Gasteiger partial charge on any atom is 0.146 e. The van der Waals surface area contributed by atoms with Crippen molar-refractivity contribution in [2.24, 2.45) is 5.92 Å². The SMILES string of the molecule is CC(=O)C1CCC(C(C)=O)NC1. The van der Waals surface area contributed by atoms with Crippen LogP contribution in [0, 0.1) is 5.92 Å². The molecule has 12 heavy (non-hydrogen) atoms. The number of nitrogens with one attached hydrogen (secondary N) is 1. The molecule has 3 heteroatoms.